The number of alkyl halides is 1. The molecule has 0 N–H and O–H groups in total. The summed E-state index contributed by atoms with van der Waals surface area (Å²) < 4.78 is 12.8. The minimum Gasteiger partial charge on any atom is -0.250 e. The number of rotatable bonds is 3. The second kappa shape index (κ2) is 4.72. The number of nitrogens with zero attached hydrogens (tertiary/aromatic N) is 3. The average Bonchev–Trinajstić information content (AvgIpc) is 3.23. The van der Waals surface area contributed by atoms with Gasteiger partial charge in [0.2, 0.25) is 0 Å². The summed E-state index contributed by atoms with van der Waals surface area (Å²) in [5.74, 6) is 0.777. The topological polar surface area (TPSA) is 38.7 Å². The third kappa shape index (κ3) is 2.27. The Hall–Kier alpha value is -1.36. The van der Waals surface area contributed by atoms with Crippen LogP contribution in [0.4, 0.5) is 4.39 Å². The molecule has 3 nitrogen and oxygen atoms in total. The Morgan fingerprint density at radius 3 is 2.67 bits per heavy atom. The van der Waals surface area contributed by atoms with E-state index in [1.807, 2.05) is 6.20 Å². The Balaban J connectivity index is 2.02. The van der Waals surface area contributed by atoms with Crippen LogP contribution < -0.4 is 0 Å². The van der Waals surface area contributed by atoms with Crippen molar-refractivity contribution in [3.05, 3.63) is 41.6 Å². The molecule has 0 saturated heterocycles. The van der Waals surface area contributed by atoms with Gasteiger partial charge >= 0.3 is 0 Å². The molecule has 0 atom stereocenters. The van der Waals surface area contributed by atoms with Gasteiger partial charge in [-0.15, -0.1) is 0 Å². The minimum atomic E-state index is -0.349. The number of pyridine rings is 1. The van der Waals surface area contributed by atoms with Crippen LogP contribution in [0.3, 0.4) is 0 Å². The average molecular weight is 308 g/mol. The molecule has 0 aliphatic heterocycles. The molecular formula is C13H11BrFN3. The van der Waals surface area contributed by atoms with E-state index in [0.717, 1.165) is 16.6 Å². The molecule has 1 fully saturated rings. The zero-order valence-corrected chi connectivity index (χ0v) is 11.2. The van der Waals surface area contributed by atoms with Gasteiger partial charge < -0.3 is 0 Å². The van der Waals surface area contributed by atoms with E-state index in [1.54, 1.807) is 6.07 Å². The van der Waals surface area contributed by atoms with Crippen LogP contribution in [0.5, 0.6) is 0 Å². The van der Waals surface area contributed by atoms with Gasteiger partial charge in [0.05, 0.1) is 11.9 Å². The van der Waals surface area contributed by atoms with E-state index in [1.165, 1.54) is 25.1 Å². The van der Waals surface area contributed by atoms with Gasteiger partial charge in [0.15, 0.2) is 5.82 Å². The number of halogens is 2. The fourth-order valence-electron chi connectivity index (χ4n) is 1.86. The number of aromatic nitrogens is 3. The summed E-state index contributed by atoms with van der Waals surface area (Å²) in [7, 11) is 0. The maximum Gasteiger partial charge on any atom is 0.178 e. The minimum absolute atomic E-state index is 0.349. The predicted octanol–water partition coefficient (Wildman–Crippen LogP) is 3.45. The first-order valence-electron chi connectivity index (χ1n) is 5.81. The summed E-state index contributed by atoms with van der Waals surface area (Å²) in [6.45, 7) is 0. The summed E-state index contributed by atoms with van der Waals surface area (Å²) in [5, 5.41) is 0.760. The summed E-state index contributed by atoms with van der Waals surface area (Å²) in [5.41, 5.74) is 2.84. The largest absolute Gasteiger partial charge is 0.250 e. The standard InChI is InChI=1S/C13H11BrFN3/c14-5-9-6-17-13(18-12(9)8-1-2-8)11-4-3-10(15)7-16-11/h3-4,6-8H,1-2,5H2. The fourth-order valence-corrected chi connectivity index (χ4v) is 2.30. The third-order valence-corrected chi connectivity index (χ3v) is 3.57. The monoisotopic (exact) mass is 307 g/mol. The molecule has 2 heterocycles. The molecule has 1 aliphatic rings. The molecule has 3 rings (SSSR count). The van der Waals surface area contributed by atoms with Gasteiger partial charge in [-0.05, 0) is 25.0 Å². The molecular weight excluding hydrogens is 297 g/mol. The predicted molar refractivity (Wildman–Crippen MR) is 69.8 cm³/mol. The maximum absolute atomic E-state index is 12.8. The molecule has 92 valence electrons. The Labute approximate surface area is 113 Å². The molecule has 2 aromatic heterocycles. The van der Waals surface area contributed by atoms with Crippen molar-refractivity contribution in [2.45, 2.75) is 24.1 Å². The van der Waals surface area contributed by atoms with Crippen LogP contribution in [0.2, 0.25) is 0 Å². The number of hydrogen-bond acceptors (Lipinski definition) is 3. The highest BCUT2D eigenvalue weighted by molar-refractivity contribution is 9.08. The molecule has 1 aliphatic carbocycles. The smallest absolute Gasteiger partial charge is 0.178 e. The summed E-state index contributed by atoms with van der Waals surface area (Å²) in [4.78, 5) is 12.9. The molecule has 0 bridgehead atoms. The van der Waals surface area contributed by atoms with Gasteiger partial charge in [-0.2, -0.15) is 0 Å². The van der Waals surface area contributed by atoms with E-state index >= 15 is 0 Å². The first-order valence-corrected chi connectivity index (χ1v) is 6.94. The molecule has 1 saturated carbocycles. The van der Waals surface area contributed by atoms with Gasteiger partial charge in [-0.1, -0.05) is 15.9 Å². The molecule has 0 radical (unpaired) electrons. The third-order valence-electron chi connectivity index (χ3n) is 2.96. The second-order valence-electron chi connectivity index (χ2n) is 4.37. The van der Waals surface area contributed by atoms with Gasteiger partial charge in [-0.25, -0.2) is 19.3 Å². The van der Waals surface area contributed by atoms with Crippen LogP contribution in [0.15, 0.2) is 24.5 Å². The molecule has 18 heavy (non-hydrogen) atoms. The fraction of sp³-hybridized carbons (Fsp3) is 0.308. The maximum atomic E-state index is 12.8. The van der Waals surface area contributed by atoms with Gasteiger partial charge in [-0.3, -0.25) is 0 Å². The SMILES string of the molecule is Fc1ccc(-c2ncc(CBr)c(C3CC3)n2)nc1. The molecule has 0 spiro atoms. The lowest BCUT2D eigenvalue weighted by Crippen LogP contribution is -2.00. The van der Waals surface area contributed by atoms with Crippen LogP contribution in [0, 0.1) is 5.82 Å². The summed E-state index contributed by atoms with van der Waals surface area (Å²) in [6.07, 6.45) is 5.39. The first-order chi connectivity index (χ1) is 8.78. The van der Waals surface area contributed by atoms with Crippen molar-refractivity contribution in [3.63, 3.8) is 0 Å². The molecule has 5 heteroatoms. The number of hydrogen-bond donors (Lipinski definition) is 0. The van der Waals surface area contributed by atoms with Crippen molar-refractivity contribution >= 4 is 15.9 Å². The summed E-state index contributed by atoms with van der Waals surface area (Å²) >= 11 is 3.45. The second-order valence-corrected chi connectivity index (χ2v) is 4.93. The lowest BCUT2D eigenvalue weighted by molar-refractivity contribution is 0.621. The molecule has 0 unspecified atom stereocenters. The van der Waals surface area contributed by atoms with Gasteiger partial charge in [0.1, 0.15) is 11.5 Å². The molecule has 2 aromatic rings. The zero-order valence-electron chi connectivity index (χ0n) is 9.61. The highest BCUT2D eigenvalue weighted by Crippen LogP contribution is 2.41. The Morgan fingerprint density at radius 2 is 2.06 bits per heavy atom. The van der Waals surface area contributed by atoms with E-state index in [4.69, 9.17) is 0 Å². The van der Waals surface area contributed by atoms with Crippen molar-refractivity contribution in [3.8, 4) is 11.5 Å². The zero-order chi connectivity index (χ0) is 12.5. The lowest BCUT2D eigenvalue weighted by Gasteiger charge is -2.06. The van der Waals surface area contributed by atoms with E-state index in [2.05, 4.69) is 30.9 Å². The lowest BCUT2D eigenvalue weighted by atomic mass is 10.2. The Kier molecular flexibility index (Phi) is 3.07. The van der Waals surface area contributed by atoms with Crippen LogP contribution >= 0.6 is 15.9 Å². The molecule has 0 aromatic carbocycles. The van der Waals surface area contributed by atoms with Crippen LogP contribution in [-0.4, -0.2) is 15.0 Å². The van der Waals surface area contributed by atoms with Gasteiger partial charge in [0.25, 0.3) is 0 Å². The van der Waals surface area contributed by atoms with Crippen LogP contribution in [-0.2, 0) is 5.33 Å². The van der Waals surface area contributed by atoms with E-state index in [9.17, 15) is 4.39 Å². The Morgan fingerprint density at radius 1 is 1.22 bits per heavy atom. The van der Waals surface area contributed by atoms with E-state index < -0.39 is 0 Å². The highest BCUT2D eigenvalue weighted by atomic mass is 79.9. The first kappa shape index (κ1) is 11.7. The van der Waals surface area contributed by atoms with Crippen molar-refractivity contribution in [1.82, 2.24) is 15.0 Å². The van der Waals surface area contributed by atoms with Gasteiger partial charge in [0, 0.05) is 23.0 Å². The van der Waals surface area contributed by atoms with E-state index in [-0.39, 0.29) is 5.82 Å². The molecule has 0 amide bonds. The van der Waals surface area contributed by atoms with Crippen molar-refractivity contribution in [1.29, 1.82) is 0 Å². The van der Waals surface area contributed by atoms with Crippen LogP contribution in [0.1, 0.15) is 30.0 Å². The summed E-state index contributed by atoms with van der Waals surface area (Å²) in [6, 6.07) is 2.98. The normalized spacial score (nSPS) is 14.8. The van der Waals surface area contributed by atoms with E-state index in [0.29, 0.717) is 17.4 Å². The Bertz CT molecular complexity index is 567. The van der Waals surface area contributed by atoms with Crippen molar-refractivity contribution in [2.75, 3.05) is 0 Å². The van der Waals surface area contributed by atoms with Crippen molar-refractivity contribution in [2.24, 2.45) is 0 Å². The van der Waals surface area contributed by atoms with Crippen molar-refractivity contribution < 1.29 is 4.39 Å². The highest BCUT2D eigenvalue weighted by Gasteiger charge is 2.28. The van der Waals surface area contributed by atoms with Crippen LogP contribution in [0.25, 0.3) is 11.5 Å². The quantitative estimate of drug-likeness (QED) is 0.815.